The van der Waals surface area contributed by atoms with E-state index in [0.29, 0.717) is 0 Å². The van der Waals surface area contributed by atoms with Gasteiger partial charge in [-0.05, 0) is 12.5 Å². The van der Waals surface area contributed by atoms with Crippen LogP contribution in [0.3, 0.4) is 0 Å². The molecule has 1 atom stereocenters. The van der Waals surface area contributed by atoms with Gasteiger partial charge in [0.05, 0.1) is 4.92 Å². The first-order valence-corrected chi connectivity index (χ1v) is 6.08. The van der Waals surface area contributed by atoms with Gasteiger partial charge in [-0.2, -0.15) is 0 Å². The van der Waals surface area contributed by atoms with Crippen molar-refractivity contribution in [2.24, 2.45) is 0 Å². The van der Waals surface area contributed by atoms with Crippen LogP contribution in [0.4, 0.5) is 5.69 Å². The summed E-state index contributed by atoms with van der Waals surface area (Å²) in [5.74, 6) is -1.48. The van der Waals surface area contributed by atoms with Gasteiger partial charge in [0, 0.05) is 6.07 Å². The summed E-state index contributed by atoms with van der Waals surface area (Å²) in [4.78, 5) is 24.9. The summed E-state index contributed by atoms with van der Waals surface area (Å²) in [7, 11) is 0. The fourth-order valence-electron chi connectivity index (χ4n) is 1.75. The molecule has 1 N–H and O–H groups in total. The van der Waals surface area contributed by atoms with Crippen LogP contribution in [0, 0.1) is 10.1 Å². The molecule has 0 bridgehead atoms. The molecule has 0 amide bonds. The Hall–Kier alpha value is -2.96. The molecule has 1 aromatic carbocycles. The van der Waals surface area contributed by atoms with Gasteiger partial charge >= 0.3 is 5.97 Å². The average Bonchev–Trinajstić information content (AvgIpc) is 2.48. The number of pyridine rings is 1. The SMILES string of the molecule is CC(Oc1ncc([N+](=O)[O-])cc1C(=O)O)c1ccccc1. The lowest BCUT2D eigenvalue weighted by Gasteiger charge is -2.15. The van der Waals surface area contributed by atoms with Crippen molar-refractivity contribution in [3.05, 3.63) is 63.8 Å². The molecule has 7 nitrogen and oxygen atoms in total. The summed E-state index contributed by atoms with van der Waals surface area (Å²) in [6.07, 6.45) is 0.540. The van der Waals surface area contributed by atoms with Crippen molar-refractivity contribution in [3.8, 4) is 5.88 Å². The summed E-state index contributed by atoms with van der Waals surface area (Å²) < 4.78 is 5.51. The van der Waals surface area contributed by atoms with Gasteiger partial charge in [-0.25, -0.2) is 9.78 Å². The molecule has 1 unspecified atom stereocenters. The Morgan fingerprint density at radius 3 is 2.62 bits per heavy atom. The number of nitro groups is 1. The molecular formula is C14H12N2O5. The predicted octanol–water partition coefficient (Wildman–Crippen LogP) is 2.83. The van der Waals surface area contributed by atoms with Crippen molar-refractivity contribution in [1.82, 2.24) is 4.98 Å². The highest BCUT2D eigenvalue weighted by Gasteiger charge is 2.20. The Bertz CT molecular complexity index is 672. The molecule has 7 heteroatoms. The molecule has 1 aromatic heterocycles. The second-order valence-corrected chi connectivity index (χ2v) is 4.28. The van der Waals surface area contributed by atoms with E-state index in [1.54, 1.807) is 6.92 Å². The Labute approximate surface area is 120 Å². The quantitative estimate of drug-likeness (QED) is 0.670. The van der Waals surface area contributed by atoms with Crippen molar-refractivity contribution in [3.63, 3.8) is 0 Å². The minimum atomic E-state index is -1.33. The molecule has 1 heterocycles. The maximum absolute atomic E-state index is 11.2. The number of rotatable bonds is 5. The van der Waals surface area contributed by atoms with Gasteiger partial charge in [-0.3, -0.25) is 10.1 Å². The first-order valence-electron chi connectivity index (χ1n) is 6.08. The van der Waals surface area contributed by atoms with Crippen LogP contribution in [0.5, 0.6) is 5.88 Å². The molecule has 0 saturated heterocycles. The molecular weight excluding hydrogens is 276 g/mol. The van der Waals surface area contributed by atoms with Crippen molar-refractivity contribution in [1.29, 1.82) is 0 Å². The fourth-order valence-corrected chi connectivity index (χ4v) is 1.75. The van der Waals surface area contributed by atoms with Crippen LogP contribution in [0.1, 0.15) is 28.9 Å². The van der Waals surface area contributed by atoms with Gasteiger partial charge in [0.15, 0.2) is 0 Å². The second-order valence-electron chi connectivity index (χ2n) is 4.28. The molecule has 2 aromatic rings. The smallest absolute Gasteiger partial charge is 0.341 e. The van der Waals surface area contributed by atoms with Crippen molar-refractivity contribution < 1.29 is 19.6 Å². The molecule has 0 aliphatic heterocycles. The molecule has 2 rings (SSSR count). The lowest BCUT2D eigenvalue weighted by molar-refractivity contribution is -0.385. The van der Waals surface area contributed by atoms with E-state index in [1.807, 2.05) is 30.3 Å². The number of carboxylic acid groups (broad SMARTS) is 1. The lowest BCUT2D eigenvalue weighted by atomic mass is 10.1. The molecule has 0 radical (unpaired) electrons. The largest absolute Gasteiger partial charge is 0.477 e. The van der Waals surface area contributed by atoms with Crippen LogP contribution in [0.15, 0.2) is 42.6 Å². The van der Waals surface area contributed by atoms with E-state index in [9.17, 15) is 14.9 Å². The van der Waals surface area contributed by atoms with Crippen LogP contribution in [0.2, 0.25) is 0 Å². The van der Waals surface area contributed by atoms with Crippen LogP contribution in [-0.2, 0) is 0 Å². The molecule has 108 valence electrons. The number of carbonyl (C=O) groups is 1. The van der Waals surface area contributed by atoms with Crippen molar-refractivity contribution in [2.45, 2.75) is 13.0 Å². The summed E-state index contributed by atoms with van der Waals surface area (Å²) >= 11 is 0. The predicted molar refractivity (Wildman–Crippen MR) is 73.3 cm³/mol. The molecule has 0 saturated carbocycles. The maximum Gasteiger partial charge on any atom is 0.341 e. The highest BCUT2D eigenvalue weighted by Crippen LogP contribution is 2.26. The second kappa shape index (κ2) is 6.00. The van der Waals surface area contributed by atoms with E-state index in [4.69, 9.17) is 9.84 Å². The summed E-state index contributed by atoms with van der Waals surface area (Å²) in [5.41, 5.74) is 0.105. The van der Waals surface area contributed by atoms with E-state index < -0.39 is 22.7 Å². The number of aromatic carboxylic acids is 1. The molecule has 0 spiro atoms. The van der Waals surface area contributed by atoms with E-state index in [2.05, 4.69) is 4.98 Å². The zero-order chi connectivity index (χ0) is 15.4. The number of carboxylic acids is 1. The minimum Gasteiger partial charge on any atom is -0.477 e. The zero-order valence-corrected chi connectivity index (χ0v) is 11.1. The molecule has 0 fully saturated rings. The minimum absolute atomic E-state index is 0.149. The van der Waals surface area contributed by atoms with Crippen LogP contribution < -0.4 is 4.74 Å². The van der Waals surface area contributed by atoms with Crippen molar-refractivity contribution in [2.75, 3.05) is 0 Å². The first kappa shape index (κ1) is 14.4. The zero-order valence-electron chi connectivity index (χ0n) is 11.1. The van der Waals surface area contributed by atoms with Gasteiger partial charge in [0.25, 0.3) is 5.69 Å². The number of nitrogens with zero attached hydrogens (tertiary/aromatic N) is 2. The normalized spacial score (nSPS) is 11.7. The Balaban J connectivity index is 2.31. The number of hydrogen-bond acceptors (Lipinski definition) is 5. The standard InChI is InChI=1S/C14H12N2O5/c1-9(10-5-3-2-4-6-10)21-13-12(14(17)18)7-11(8-15-13)16(19)20/h2-9H,1H3,(H,17,18). The topological polar surface area (TPSA) is 103 Å². The van der Waals surface area contributed by atoms with Gasteiger partial charge in [0.1, 0.15) is 17.9 Å². The average molecular weight is 288 g/mol. The van der Waals surface area contributed by atoms with Gasteiger partial charge in [0.2, 0.25) is 5.88 Å². The van der Waals surface area contributed by atoms with Crippen LogP contribution >= 0.6 is 0 Å². The summed E-state index contributed by atoms with van der Waals surface area (Å²) in [5, 5.41) is 19.8. The van der Waals surface area contributed by atoms with Crippen molar-refractivity contribution >= 4 is 11.7 Å². The van der Waals surface area contributed by atoms with Gasteiger partial charge in [-0.15, -0.1) is 0 Å². The number of aromatic nitrogens is 1. The van der Waals surface area contributed by atoms with Gasteiger partial charge in [-0.1, -0.05) is 30.3 Å². The third-order valence-corrected chi connectivity index (χ3v) is 2.84. The Morgan fingerprint density at radius 2 is 2.05 bits per heavy atom. The third-order valence-electron chi connectivity index (χ3n) is 2.84. The van der Waals surface area contributed by atoms with E-state index in [-0.39, 0.29) is 11.4 Å². The van der Waals surface area contributed by atoms with Crippen LogP contribution in [0.25, 0.3) is 0 Å². The van der Waals surface area contributed by atoms with E-state index in [0.717, 1.165) is 17.8 Å². The van der Waals surface area contributed by atoms with Crippen LogP contribution in [-0.4, -0.2) is 21.0 Å². The maximum atomic E-state index is 11.2. The van der Waals surface area contributed by atoms with E-state index in [1.165, 1.54) is 0 Å². The molecule has 21 heavy (non-hydrogen) atoms. The molecule has 0 aliphatic rings. The third kappa shape index (κ3) is 3.33. The first-order chi connectivity index (χ1) is 9.99. The number of hydrogen-bond donors (Lipinski definition) is 1. The number of benzene rings is 1. The lowest BCUT2D eigenvalue weighted by Crippen LogP contribution is -2.09. The highest BCUT2D eigenvalue weighted by atomic mass is 16.6. The van der Waals surface area contributed by atoms with E-state index >= 15 is 0 Å². The molecule has 0 aliphatic carbocycles. The number of ether oxygens (including phenoxy) is 1. The monoisotopic (exact) mass is 288 g/mol. The Morgan fingerprint density at radius 1 is 1.38 bits per heavy atom. The van der Waals surface area contributed by atoms with Gasteiger partial charge < -0.3 is 9.84 Å². The highest BCUT2D eigenvalue weighted by molar-refractivity contribution is 5.90. The fraction of sp³-hybridized carbons (Fsp3) is 0.143. The Kier molecular flexibility index (Phi) is 4.13. The summed E-state index contributed by atoms with van der Waals surface area (Å²) in [6.45, 7) is 1.74. The summed E-state index contributed by atoms with van der Waals surface area (Å²) in [6, 6.07) is 10.1.